The maximum absolute atomic E-state index is 13.9. The number of aliphatic carboxylic acids is 1. The zero-order chi connectivity index (χ0) is 28.1. The maximum Gasteiger partial charge on any atom is 0.308 e. The third-order valence-electron chi connectivity index (χ3n) is 8.84. The highest BCUT2D eigenvalue weighted by molar-refractivity contribution is 5.94. The van der Waals surface area contributed by atoms with Gasteiger partial charge in [-0.25, -0.2) is 4.57 Å². The number of carbonyl (C=O) groups excluding carboxylic acids is 1. The number of hydrogen-bond donors (Lipinski definition) is 1. The van der Waals surface area contributed by atoms with E-state index in [0.29, 0.717) is 26.1 Å². The van der Waals surface area contributed by atoms with Gasteiger partial charge in [0.25, 0.3) is 0 Å². The second kappa shape index (κ2) is 13.1. The van der Waals surface area contributed by atoms with Crippen molar-refractivity contribution in [3.05, 3.63) is 53.9 Å². The summed E-state index contributed by atoms with van der Waals surface area (Å²) < 4.78 is 13.7. The van der Waals surface area contributed by atoms with Crippen LogP contribution in [0.5, 0.6) is 5.75 Å². The first-order valence-corrected chi connectivity index (χ1v) is 15.0. The number of ether oxygens (including phenoxy) is 2. The van der Waals surface area contributed by atoms with Crippen LogP contribution in [0.15, 0.2) is 42.7 Å². The number of amides is 1. The molecule has 0 saturated carbocycles. The van der Waals surface area contributed by atoms with E-state index in [-0.39, 0.29) is 30.5 Å². The van der Waals surface area contributed by atoms with Gasteiger partial charge in [0.15, 0.2) is 12.4 Å². The van der Waals surface area contributed by atoms with Crippen molar-refractivity contribution >= 4 is 17.6 Å². The average Bonchev–Trinajstić information content (AvgIpc) is 3.57. The number of rotatable bonds is 11. The van der Waals surface area contributed by atoms with Gasteiger partial charge in [-0.2, -0.15) is 0 Å². The summed E-state index contributed by atoms with van der Waals surface area (Å²) in [7, 11) is 1.96. The second-order valence-electron chi connectivity index (χ2n) is 11.6. The van der Waals surface area contributed by atoms with E-state index in [1.807, 2.05) is 53.2 Å². The van der Waals surface area contributed by atoms with Gasteiger partial charge >= 0.3 is 5.97 Å². The molecular weight excluding hydrogens is 506 g/mol. The van der Waals surface area contributed by atoms with E-state index < -0.39 is 11.9 Å². The van der Waals surface area contributed by atoms with Crippen molar-refractivity contribution in [1.82, 2.24) is 4.90 Å². The Morgan fingerprint density at radius 2 is 2.05 bits per heavy atom. The Kier molecular flexibility index (Phi) is 9.37. The lowest BCUT2D eigenvalue weighted by molar-refractivity contribution is -0.670. The fraction of sp³-hybridized carbons (Fsp3) is 0.594. The molecule has 0 aliphatic carbocycles. The number of carboxylic acid groups (broad SMARTS) is 1. The number of nitrogens with zero attached hydrogens (tertiary/aromatic N) is 3. The number of hydrogen-bond acceptors (Lipinski definition) is 5. The average molecular weight is 551 g/mol. The van der Waals surface area contributed by atoms with Crippen molar-refractivity contribution in [3.8, 4) is 5.75 Å². The highest BCUT2D eigenvalue weighted by Crippen LogP contribution is 2.42. The Morgan fingerprint density at radius 1 is 1.18 bits per heavy atom. The molecule has 5 rings (SSSR count). The molecule has 1 aromatic heterocycles. The molecule has 40 heavy (non-hydrogen) atoms. The molecule has 3 aliphatic heterocycles. The molecule has 216 valence electrons. The molecule has 2 saturated heterocycles. The first-order valence-electron chi connectivity index (χ1n) is 15.0. The van der Waals surface area contributed by atoms with Gasteiger partial charge in [0, 0.05) is 44.1 Å². The van der Waals surface area contributed by atoms with Crippen LogP contribution >= 0.6 is 0 Å². The Labute approximate surface area is 237 Å². The summed E-state index contributed by atoms with van der Waals surface area (Å²) in [4.78, 5) is 30.8. The number of pyridine rings is 1. The summed E-state index contributed by atoms with van der Waals surface area (Å²) in [5.74, 6) is -0.647. The summed E-state index contributed by atoms with van der Waals surface area (Å²) in [6.45, 7) is 4.96. The molecule has 0 radical (unpaired) electrons. The zero-order valence-corrected chi connectivity index (χ0v) is 24.0. The Bertz CT molecular complexity index is 1180. The standard InChI is InChI=1S/C32H43N3O5/c1-3-4-16-35(25-8-7-15-33(2)20-25)30(36)22-34-21-27(23-10-13-29-24(19-23)14-18-40-29)31(32(37)38)28(34)12-11-26-9-5-6-17-39-26/h7-8,10,13,15,19-20,26-28,31H,3-6,9,11-12,14,16-18,21-22H2,1-2H3/p+1/t26?,27-,28+,31?/m1/s1. The predicted octanol–water partition coefficient (Wildman–Crippen LogP) is 4.10. The van der Waals surface area contributed by atoms with E-state index >= 15 is 0 Å². The van der Waals surface area contributed by atoms with Gasteiger partial charge in [-0.3, -0.25) is 14.5 Å². The lowest BCUT2D eigenvalue weighted by atomic mass is 9.82. The smallest absolute Gasteiger partial charge is 0.308 e. The zero-order valence-electron chi connectivity index (χ0n) is 24.0. The molecule has 1 aromatic carbocycles. The van der Waals surface area contributed by atoms with Crippen LogP contribution in [0.3, 0.4) is 0 Å². The monoisotopic (exact) mass is 550 g/mol. The predicted molar refractivity (Wildman–Crippen MR) is 153 cm³/mol. The largest absolute Gasteiger partial charge is 0.493 e. The Hall–Kier alpha value is -2.97. The molecule has 8 nitrogen and oxygen atoms in total. The van der Waals surface area contributed by atoms with Crippen LogP contribution in [0.2, 0.25) is 0 Å². The minimum atomic E-state index is -0.788. The van der Waals surface area contributed by atoms with Crippen molar-refractivity contribution in [2.24, 2.45) is 13.0 Å². The van der Waals surface area contributed by atoms with Gasteiger partial charge in [-0.1, -0.05) is 25.5 Å². The van der Waals surface area contributed by atoms with Crippen LogP contribution in [-0.2, 0) is 27.8 Å². The number of fused-ring (bicyclic) bond motifs is 1. The van der Waals surface area contributed by atoms with Crippen LogP contribution in [0.4, 0.5) is 5.69 Å². The van der Waals surface area contributed by atoms with Crippen molar-refractivity contribution in [2.75, 3.05) is 37.7 Å². The number of carbonyl (C=O) groups is 2. The van der Waals surface area contributed by atoms with Crippen LogP contribution in [0.1, 0.15) is 68.9 Å². The van der Waals surface area contributed by atoms with Gasteiger partial charge < -0.3 is 19.5 Å². The molecular formula is C32H44N3O5+. The van der Waals surface area contributed by atoms with E-state index in [0.717, 1.165) is 74.1 Å². The first kappa shape index (κ1) is 28.6. The van der Waals surface area contributed by atoms with Crippen LogP contribution in [0, 0.1) is 5.92 Å². The summed E-state index contributed by atoms with van der Waals surface area (Å²) >= 11 is 0. The number of likely N-dealkylation sites (tertiary alicyclic amines) is 1. The second-order valence-corrected chi connectivity index (χ2v) is 11.6. The number of benzene rings is 1. The number of unbranched alkanes of at least 4 members (excludes halogenated alkanes) is 1. The Balaban J connectivity index is 1.41. The molecule has 8 heteroatoms. The SMILES string of the molecule is CCCCN(C(=O)CN1C[C@H](c2ccc3c(c2)CCO3)C(C(=O)O)[C@@H]1CCC1CCCCO1)c1ccc[n+](C)c1. The number of anilines is 1. The van der Waals surface area contributed by atoms with Gasteiger partial charge in [-0.05, 0) is 61.8 Å². The summed E-state index contributed by atoms with van der Waals surface area (Å²) in [5.41, 5.74) is 3.05. The van der Waals surface area contributed by atoms with Crippen LogP contribution in [0.25, 0.3) is 0 Å². The fourth-order valence-corrected chi connectivity index (χ4v) is 6.72. The molecule has 4 heterocycles. The van der Waals surface area contributed by atoms with E-state index in [2.05, 4.69) is 17.9 Å². The summed E-state index contributed by atoms with van der Waals surface area (Å²) in [5, 5.41) is 10.6. The number of aromatic nitrogens is 1. The molecule has 0 spiro atoms. The molecule has 2 unspecified atom stereocenters. The summed E-state index contributed by atoms with van der Waals surface area (Å²) in [6.07, 6.45) is 11.6. The molecule has 4 atom stereocenters. The van der Waals surface area contributed by atoms with Gasteiger partial charge in [0.1, 0.15) is 18.5 Å². The summed E-state index contributed by atoms with van der Waals surface area (Å²) in [6, 6.07) is 9.84. The minimum Gasteiger partial charge on any atom is -0.493 e. The van der Waals surface area contributed by atoms with Crippen molar-refractivity contribution in [1.29, 1.82) is 0 Å². The first-order chi connectivity index (χ1) is 19.4. The van der Waals surface area contributed by atoms with E-state index in [1.54, 1.807) is 0 Å². The normalized spacial score (nSPS) is 24.4. The van der Waals surface area contributed by atoms with Crippen molar-refractivity contribution < 1.29 is 28.7 Å². The van der Waals surface area contributed by atoms with Gasteiger partial charge in [-0.15, -0.1) is 0 Å². The Morgan fingerprint density at radius 3 is 2.80 bits per heavy atom. The van der Waals surface area contributed by atoms with Crippen molar-refractivity contribution in [3.63, 3.8) is 0 Å². The molecule has 1 amide bonds. The highest BCUT2D eigenvalue weighted by atomic mass is 16.5. The lowest BCUT2D eigenvalue weighted by Crippen LogP contribution is -2.45. The van der Waals surface area contributed by atoms with Crippen molar-refractivity contribution in [2.45, 2.75) is 76.4 Å². The molecule has 0 bridgehead atoms. The van der Waals surface area contributed by atoms with Crippen LogP contribution in [-0.4, -0.2) is 66.9 Å². The maximum atomic E-state index is 13.9. The van der Waals surface area contributed by atoms with E-state index in [9.17, 15) is 14.7 Å². The molecule has 2 fully saturated rings. The minimum absolute atomic E-state index is 0.0192. The molecule has 3 aliphatic rings. The third-order valence-corrected chi connectivity index (χ3v) is 8.84. The quantitative estimate of drug-likeness (QED) is 0.425. The van der Waals surface area contributed by atoms with Crippen LogP contribution < -0.4 is 14.2 Å². The molecule has 2 aromatic rings. The van der Waals surface area contributed by atoms with Gasteiger partial charge in [0.05, 0.1) is 25.2 Å². The molecule has 1 N–H and O–H groups in total. The number of aryl methyl sites for hydroxylation is 1. The highest BCUT2D eigenvalue weighted by Gasteiger charge is 2.47. The third kappa shape index (κ3) is 6.50. The lowest BCUT2D eigenvalue weighted by Gasteiger charge is -2.31. The number of carboxylic acids is 1. The van der Waals surface area contributed by atoms with E-state index in [4.69, 9.17) is 9.47 Å². The topological polar surface area (TPSA) is 83.2 Å². The van der Waals surface area contributed by atoms with Gasteiger partial charge in [0.2, 0.25) is 5.91 Å². The van der Waals surface area contributed by atoms with E-state index in [1.165, 1.54) is 0 Å². The fourth-order valence-electron chi connectivity index (χ4n) is 6.72.